The lowest BCUT2D eigenvalue weighted by Gasteiger charge is -2.10. The minimum atomic E-state index is -0.542. The normalized spacial score (nSPS) is 10.6. The number of para-hydroxylation sites is 1. The van der Waals surface area contributed by atoms with Gasteiger partial charge >= 0.3 is 0 Å². The molecule has 2 N–H and O–H groups in total. The highest BCUT2D eigenvalue weighted by Gasteiger charge is 2.10. The van der Waals surface area contributed by atoms with Crippen molar-refractivity contribution in [1.82, 2.24) is 5.43 Å². The van der Waals surface area contributed by atoms with Crippen molar-refractivity contribution in [2.45, 2.75) is 0 Å². The zero-order valence-corrected chi connectivity index (χ0v) is 16.4. The van der Waals surface area contributed by atoms with Crippen molar-refractivity contribution in [1.29, 1.82) is 0 Å². The fourth-order valence-electron chi connectivity index (χ4n) is 2.46. The highest BCUT2D eigenvalue weighted by Crippen LogP contribution is 2.21. The quantitative estimate of drug-likeness (QED) is 0.438. The summed E-state index contributed by atoms with van der Waals surface area (Å²) in [6, 6.07) is 19.2. The maximum atomic E-state index is 13.6. The van der Waals surface area contributed by atoms with E-state index in [0.717, 1.165) is 0 Å². The number of anilines is 1. The Balaban J connectivity index is 1.62. The molecule has 0 aliphatic heterocycles. The lowest BCUT2D eigenvalue weighted by atomic mass is 10.2. The summed E-state index contributed by atoms with van der Waals surface area (Å²) in [5.74, 6) is -1.13. The van der Waals surface area contributed by atoms with Crippen LogP contribution >= 0.6 is 11.6 Å². The Labute approximate surface area is 177 Å². The predicted octanol–water partition coefficient (Wildman–Crippen LogP) is 4.26. The molecule has 30 heavy (non-hydrogen) atoms. The molecule has 0 aliphatic carbocycles. The van der Waals surface area contributed by atoms with Crippen LogP contribution in [0.3, 0.4) is 0 Å². The number of hydrogen-bond acceptors (Lipinski definition) is 4. The van der Waals surface area contributed by atoms with Crippen LogP contribution < -0.4 is 15.5 Å². The van der Waals surface area contributed by atoms with E-state index in [1.54, 1.807) is 54.6 Å². The van der Waals surface area contributed by atoms with Crippen LogP contribution in [0.4, 0.5) is 10.1 Å². The van der Waals surface area contributed by atoms with Gasteiger partial charge in [0, 0.05) is 16.1 Å². The van der Waals surface area contributed by atoms with Crippen molar-refractivity contribution in [2.75, 3.05) is 11.9 Å². The van der Waals surface area contributed by atoms with Crippen LogP contribution in [0.5, 0.6) is 5.75 Å². The number of carbonyl (C=O) groups is 2. The number of benzene rings is 3. The van der Waals surface area contributed by atoms with E-state index in [9.17, 15) is 14.0 Å². The molecular formula is C22H17ClFN3O3. The molecule has 0 bridgehead atoms. The Morgan fingerprint density at radius 2 is 1.77 bits per heavy atom. The molecule has 0 spiro atoms. The fraction of sp³-hybridized carbons (Fsp3) is 0.0455. The van der Waals surface area contributed by atoms with E-state index >= 15 is 0 Å². The molecule has 0 unspecified atom stereocenters. The van der Waals surface area contributed by atoms with Gasteiger partial charge in [-0.2, -0.15) is 5.10 Å². The second kappa shape index (κ2) is 10.2. The number of nitrogens with zero attached hydrogens (tertiary/aromatic N) is 1. The third-order valence-corrected chi connectivity index (χ3v) is 4.12. The van der Waals surface area contributed by atoms with Crippen LogP contribution in [0.15, 0.2) is 77.9 Å². The molecule has 0 radical (unpaired) electrons. The Morgan fingerprint density at radius 1 is 1.03 bits per heavy atom. The summed E-state index contributed by atoms with van der Waals surface area (Å²) < 4.78 is 19.1. The van der Waals surface area contributed by atoms with E-state index in [1.807, 2.05) is 0 Å². The summed E-state index contributed by atoms with van der Waals surface area (Å²) in [5, 5.41) is 6.77. The van der Waals surface area contributed by atoms with Crippen LogP contribution in [-0.2, 0) is 4.79 Å². The molecular weight excluding hydrogens is 409 g/mol. The second-order valence-corrected chi connectivity index (χ2v) is 6.50. The van der Waals surface area contributed by atoms with Gasteiger partial charge in [-0.3, -0.25) is 9.59 Å². The van der Waals surface area contributed by atoms with Gasteiger partial charge in [0.2, 0.25) is 0 Å². The molecule has 3 rings (SSSR count). The van der Waals surface area contributed by atoms with Gasteiger partial charge in [-0.1, -0.05) is 41.9 Å². The van der Waals surface area contributed by atoms with Crippen molar-refractivity contribution in [3.05, 3.63) is 94.8 Å². The van der Waals surface area contributed by atoms with E-state index < -0.39 is 11.7 Å². The van der Waals surface area contributed by atoms with Gasteiger partial charge in [0.25, 0.3) is 11.8 Å². The smallest absolute Gasteiger partial charge is 0.271 e. The number of halogens is 2. The molecule has 152 valence electrons. The zero-order chi connectivity index (χ0) is 21.3. The Morgan fingerprint density at radius 3 is 2.53 bits per heavy atom. The number of nitrogens with one attached hydrogen (secondary N) is 2. The van der Waals surface area contributed by atoms with Gasteiger partial charge in [-0.15, -0.1) is 0 Å². The molecule has 0 saturated heterocycles. The molecule has 8 heteroatoms. The van der Waals surface area contributed by atoms with Crippen molar-refractivity contribution >= 4 is 35.3 Å². The van der Waals surface area contributed by atoms with Gasteiger partial charge in [0.05, 0.1) is 11.9 Å². The minimum absolute atomic E-state index is 0.0626. The topological polar surface area (TPSA) is 79.8 Å². The number of hydrogen-bond donors (Lipinski definition) is 2. The lowest BCUT2D eigenvalue weighted by Crippen LogP contribution is -2.21. The number of ether oxygens (including phenoxy) is 1. The first-order valence-corrected chi connectivity index (χ1v) is 9.26. The van der Waals surface area contributed by atoms with Gasteiger partial charge in [0.1, 0.15) is 11.6 Å². The number of hydrazone groups is 1. The summed E-state index contributed by atoms with van der Waals surface area (Å²) in [5.41, 5.74) is 3.38. The average Bonchev–Trinajstić information content (AvgIpc) is 2.75. The zero-order valence-electron chi connectivity index (χ0n) is 15.6. The largest absolute Gasteiger partial charge is 0.483 e. The van der Waals surface area contributed by atoms with E-state index in [2.05, 4.69) is 15.8 Å². The van der Waals surface area contributed by atoms with Crippen molar-refractivity contribution in [2.24, 2.45) is 5.10 Å². The molecule has 2 amide bonds. The lowest BCUT2D eigenvalue weighted by molar-refractivity contribution is -0.118. The van der Waals surface area contributed by atoms with Gasteiger partial charge in [-0.25, -0.2) is 9.82 Å². The molecule has 3 aromatic carbocycles. The monoisotopic (exact) mass is 425 g/mol. The first-order valence-electron chi connectivity index (χ1n) is 8.88. The van der Waals surface area contributed by atoms with Gasteiger partial charge < -0.3 is 10.1 Å². The third-order valence-electron chi connectivity index (χ3n) is 3.88. The van der Waals surface area contributed by atoms with Crippen molar-refractivity contribution in [3.8, 4) is 5.75 Å². The molecule has 0 fully saturated rings. The molecule has 0 heterocycles. The number of carbonyl (C=O) groups excluding carboxylic acids is 2. The summed E-state index contributed by atoms with van der Waals surface area (Å²) in [6.07, 6.45) is 1.36. The highest BCUT2D eigenvalue weighted by molar-refractivity contribution is 6.30. The van der Waals surface area contributed by atoms with Crippen LogP contribution in [0.2, 0.25) is 5.02 Å². The number of rotatable bonds is 7. The van der Waals surface area contributed by atoms with Crippen LogP contribution in [0, 0.1) is 5.82 Å². The summed E-state index contributed by atoms with van der Waals surface area (Å²) in [7, 11) is 0. The standard InChI is InChI=1S/C22H17ClFN3O3/c23-17-10-11-20(30-14-21(28)26-19-9-5-4-8-18(19)24)16(12-17)13-25-27-22(29)15-6-2-1-3-7-15/h1-13H,14H2,(H,26,28)(H,27,29)/b25-13+. The van der Waals surface area contributed by atoms with Crippen molar-refractivity contribution < 1.29 is 18.7 Å². The van der Waals surface area contributed by atoms with Crippen molar-refractivity contribution in [3.63, 3.8) is 0 Å². The molecule has 6 nitrogen and oxygen atoms in total. The first kappa shape index (κ1) is 21.0. The minimum Gasteiger partial charge on any atom is -0.483 e. The van der Waals surface area contributed by atoms with Crippen LogP contribution in [0.1, 0.15) is 15.9 Å². The van der Waals surface area contributed by atoms with E-state index in [-0.39, 0.29) is 18.2 Å². The van der Waals surface area contributed by atoms with Gasteiger partial charge in [0.15, 0.2) is 6.61 Å². The Hall–Kier alpha value is -3.71. The Kier molecular flexibility index (Phi) is 7.13. The summed E-state index contributed by atoms with van der Waals surface area (Å²) in [6.45, 7) is -0.354. The maximum Gasteiger partial charge on any atom is 0.271 e. The van der Waals surface area contributed by atoms with Crippen LogP contribution in [0.25, 0.3) is 0 Å². The van der Waals surface area contributed by atoms with E-state index in [4.69, 9.17) is 16.3 Å². The molecule has 0 aromatic heterocycles. The summed E-state index contributed by atoms with van der Waals surface area (Å²) >= 11 is 6.02. The molecule has 3 aromatic rings. The van der Waals surface area contributed by atoms with Crippen LogP contribution in [-0.4, -0.2) is 24.6 Å². The second-order valence-electron chi connectivity index (χ2n) is 6.06. The van der Waals surface area contributed by atoms with E-state index in [0.29, 0.717) is 21.9 Å². The summed E-state index contributed by atoms with van der Waals surface area (Å²) in [4.78, 5) is 24.1. The molecule has 0 aliphatic rings. The third kappa shape index (κ3) is 5.89. The van der Waals surface area contributed by atoms with E-state index in [1.165, 1.54) is 24.4 Å². The average molecular weight is 426 g/mol. The molecule has 0 saturated carbocycles. The number of amides is 2. The molecule has 0 atom stereocenters. The predicted molar refractivity (Wildman–Crippen MR) is 113 cm³/mol. The maximum absolute atomic E-state index is 13.6. The first-order chi connectivity index (χ1) is 14.5. The van der Waals surface area contributed by atoms with Gasteiger partial charge in [-0.05, 0) is 42.5 Å². The highest BCUT2D eigenvalue weighted by atomic mass is 35.5. The SMILES string of the molecule is O=C(COc1ccc(Cl)cc1/C=N/NC(=O)c1ccccc1)Nc1ccccc1F. The Bertz CT molecular complexity index is 1070. The fourth-order valence-corrected chi connectivity index (χ4v) is 2.64.